The molecule has 1 aliphatic rings. The molecule has 158 valence electrons. The van der Waals surface area contributed by atoms with E-state index in [1.54, 1.807) is 22.8 Å². The molecule has 1 fully saturated rings. The summed E-state index contributed by atoms with van der Waals surface area (Å²) in [4.78, 5) is 32.0. The molecule has 6 heteroatoms. The summed E-state index contributed by atoms with van der Waals surface area (Å²) in [6.07, 6.45) is 6.67. The average molecular weight is 434 g/mol. The van der Waals surface area contributed by atoms with Crippen molar-refractivity contribution in [3.63, 3.8) is 0 Å². The fraction of sp³-hybridized carbons (Fsp3) is 0.320. The normalized spacial score (nSPS) is 15.0. The number of pyridine rings is 1. The van der Waals surface area contributed by atoms with Gasteiger partial charge in [-0.15, -0.1) is 0 Å². The Bertz CT molecular complexity index is 1410. The van der Waals surface area contributed by atoms with Crippen LogP contribution in [0.5, 0.6) is 0 Å². The summed E-state index contributed by atoms with van der Waals surface area (Å²) in [5.74, 6) is 1.18. The van der Waals surface area contributed by atoms with Crippen molar-refractivity contribution in [3.8, 4) is 5.69 Å². The number of aryl methyl sites for hydroxylation is 1. The van der Waals surface area contributed by atoms with E-state index in [-0.39, 0.29) is 16.4 Å². The largest absolute Gasteiger partial charge is 0.328 e. The van der Waals surface area contributed by atoms with E-state index in [1.807, 2.05) is 41.9 Å². The van der Waals surface area contributed by atoms with Crippen LogP contribution in [0.2, 0.25) is 5.02 Å². The third kappa shape index (κ3) is 3.47. The molecule has 1 aliphatic carbocycles. The van der Waals surface area contributed by atoms with Crippen LogP contribution in [0.1, 0.15) is 37.9 Å². The van der Waals surface area contributed by atoms with Gasteiger partial charge in [-0.25, -0.2) is 4.98 Å². The monoisotopic (exact) mass is 433 g/mol. The number of halogens is 1. The van der Waals surface area contributed by atoms with Gasteiger partial charge in [-0.1, -0.05) is 61.9 Å². The van der Waals surface area contributed by atoms with Crippen molar-refractivity contribution < 1.29 is 0 Å². The first-order chi connectivity index (χ1) is 15.0. The van der Waals surface area contributed by atoms with E-state index in [0.29, 0.717) is 39.9 Å². The molecule has 5 rings (SSSR count). The minimum absolute atomic E-state index is 0.119. The first kappa shape index (κ1) is 20.0. The van der Waals surface area contributed by atoms with Gasteiger partial charge >= 0.3 is 0 Å². The minimum Gasteiger partial charge on any atom is -0.328 e. The molecule has 0 spiro atoms. The standard InChI is InChI=1S/C25H24ClN3O2/c1-28-20-13-6-5-12-19(20)23(30)22-24(28)27-21(14-16-8-3-2-4-9-16)29(25(22)31)18-11-7-10-17(26)15-18/h5-7,10-13,15-16H,2-4,8-9,14H2,1H3. The highest BCUT2D eigenvalue weighted by Crippen LogP contribution is 2.27. The first-order valence-electron chi connectivity index (χ1n) is 10.8. The SMILES string of the molecule is Cn1c2ccccc2c(=O)c2c(=O)n(-c3cccc(Cl)c3)c(CC3CCCCC3)nc21. The van der Waals surface area contributed by atoms with Gasteiger partial charge in [-0.05, 0) is 36.2 Å². The van der Waals surface area contributed by atoms with Crippen molar-refractivity contribution in [3.05, 3.63) is 80.0 Å². The maximum absolute atomic E-state index is 13.8. The molecule has 1 saturated carbocycles. The van der Waals surface area contributed by atoms with Gasteiger partial charge in [0.2, 0.25) is 5.43 Å². The van der Waals surface area contributed by atoms with Crippen LogP contribution in [0.4, 0.5) is 0 Å². The number of fused-ring (bicyclic) bond motifs is 2. The molecule has 0 radical (unpaired) electrons. The minimum atomic E-state index is -0.329. The highest BCUT2D eigenvalue weighted by atomic mass is 35.5. The van der Waals surface area contributed by atoms with Crippen molar-refractivity contribution in [2.24, 2.45) is 13.0 Å². The van der Waals surface area contributed by atoms with Gasteiger partial charge in [-0.3, -0.25) is 14.2 Å². The zero-order valence-electron chi connectivity index (χ0n) is 17.5. The fourth-order valence-electron chi connectivity index (χ4n) is 4.87. The van der Waals surface area contributed by atoms with Crippen molar-refractivity contribution in [1.29, 1.82) is 0 Å². The van der Waals surface area contributed by atoms with Crippen LogP contribution in [0.3, 0.4) is 0 Å². The van der Waals surface area contributed by atoms with Gasteiger partial charge in [0.1, 0.15) is 11.2 Å². The number of benzene rings is 2. The molecule has 0 aliphatic heterocycles. The van der Waals surface area contributed by atoms with Crippen molar-refractivity contribution >= 4 is 33.5 Å². The van der Waals surface area contributed by atoms with Crippen LogP contribution < -0.4 is 11.0 Å². The highest BCUT2D eigenvalue weighted by molar-refractivity contribution is 6.30. The van der Waals surface area contributed by atoms with Crippen LogP contribution >= 0.6 is 11.6 Å². The van der Waals surface area contributed by atoms with Crippen LogP contribution in [0, 0.1) is 5.92 Å². The summed E-state index contributed by atoms with van der Waals surface area (Å²) in [5.41, 5.74) is 1.26. The van der Waals surface area contributed by atoms with Crippen molar-refractivity contribution in [1.82, 2.24) is 14.1 Å². The van der Waals surface area contributed by atoms with Crippen LogP contribution in [0.15, 0.2) is 58.1 Å². The molecule has 0 bridgehead atoms. The average Bonchev–Trinajstić information content (AvgIpc) is 2.78. The Hall–Kier alpha value is -2.92. The zero-order valence-corrected chi connectivity index (χ0v) is 18.2. The molecule has 0 saturated heterocycles. The fourth-order valence-corrected chi connectivity index (χ4v) is 5.05. The number of hydrogen-bond donors (Lipinski definition) is 0. The quantitative estimate of drug-likeness (QED) is 0.426. The zero-order chi connectivity index (χ0) is 21.5. The Morgan fingerprint density at radius 1 is 1.03 bits per heavy atom. The van der Waals surface area contributed by atoms with E-state index in [4.69, 9.17) is 16.6 Å². The lowest BCUT2D eigenvalue weighted by Crippen LogP contribution is -2.30. The Morgan fingerprint density at radius 2 is 1.81 bits per heavy atom. The van der Waals surface area contributed by atoms with E-state index in [2.05, 4.69) is 0 Å². The maximum atomic E-state index is 13.8. The van der Waals surface area contributed by atoms with E-state index in [1.165, 1.54) is 19.3 Å². The second kappa shape index (κ2) is 7.97. The summed E-state index contributed by atoms with van der Waals surface area (Å²) in [5, 5.41) is 1.18. The molecular formula is C25H24ClN3O2. The molecule has 2 aromatic heterocycles. The van der Waals surface area contributed by atoms with Gasteiger partial charge in [0.15, 0.2) is 5.65 Å². The van der Waals surface area contributed by atoms with Gasteiger partial charge in [0.05, 0.1) is 11.2 Å². The molecule has 2 heterocycles. The van der Waals surface area contributed by atoms with Crippen LogP contribution in [0.25, 0.3) is 27.6 Å². The highest BCUT2D eigenvalue weighted by Gasteiger charge is 2.22. The Morgan fingerprint density at radius 3 is 2.58 bits per heavy atom. The molecule has 31 heavy (non-hydrogen) atoms. The lowest BCUT2D eigenvalue weighted by Gasteiger charge is -2.23. The second-order valence-corrected chi connectivity index (χ2v) is 8.90. The van der Waals surface area contributed by atoms with Crippen LogP contribution in [-0.4, -0.2) is 14.1 Å². The topological polar surface area (TPSA) is 56.9 Å². The summed E-state index contributed by atoms with van der Waals surface area (Å²) in [7, 11) is 1.87. The molecular weight excluding hydrogens is 410 g/mol. The molecule has 0 amide bonds. The molecule has 0 unspecified atom stereocenters. The van der Waals surface area contributed by atoms with Crippen molar-refractivity contribution in [2.45, 2.75) is 38.5 Å². The van der Waals surface area contributed by atoms with Gasteiger partial charge in [-0.2, -0.15) is 0 Å². The predicted molar refractivity (Wildman–Crippen MR) is 125 cm³/mol. The number of hydrogen-bond acceptors (Lipinski definition) is 3. The molecule has 0 N–H and O–H groups in total. The second-order valence-electron chi connectivity index (χ2n) is 8.46. The van der Waals surface area contributed by atoms with E-state index < -0.39 is 0 Å². The van der Waals surface area contributed by atoms with Gasteiger partial charge in [0.25, 0.3) is 5.56 Å². The van der Waals surface area contributed by atoms with E-state index >= 15 is 0 Å². The lowest BCUT2D eigenvalue weighted by molar-refractivity contribution is 0.349. The molecule has 5 nitrogen and oxygen atoms in total. The maximum Gasteiger partial charge on any atom is 0.271 e. The predicted octanol–water partition coefficient (Wildman–Crippen LogP) is 5.01. The number of rotatable bonds is 3. The Labute approximate surface area is 184 Å². The molecule has 4 aromatic rings. The number of para-hydroxylation sites is 1. The molecule has 2 aromatic carbocycles. The van der Waals surface area contributed by atoms with Crippen molar-refractivity contribution in [2.75, 3.05) is 0 Å². The number of aromatic nitrogens is 3. The van der Waals surface area contributed by atoms with E-state index in [0.717, 1.165) is 18.4 Å². The van der Waals surface area contributed by atoms with Crippen LogP contribution in [-0.2, 0) is 13.5 Å². The Balaban J connectivity index is 1.85. The van der Waals surface area contributed by atoms with E-state index in [9.17, 15) is 9.59 Å². The lowest BCUT2D eigenvalue weighted by atomic mass is 9.86. The summed E-state index contributed by atoms with van der Waals surface area (Å²) < 4.78 is 3.46. The summed E-state index contributed by atoms with van der Waals surface area (Å²) in [6, 6.07) is 14.6. The third-order valence-corrected chi connectivity index (χ3v) is 6.69. The number of nitrogens with zero attached hydrogens (tertiary/aromatic N) is 3. The third-order valence-electron chi connectivity index (χ3n) is 6.45. The smallest absolute Gasteiger partial charge is 0.271 e. The summed E-state index contributed by atoms with van der Waals surface area (Å²) in [6.45, 7) is 0. The molecule has 0 atom stereocenters. The van der Waals surface area contributed by atoms with Gasteiger partial charge in [0, 0.05) is 23.9 Å². The Kier molecular flexibility index (Phi) is 5.14. The van der Waals surface area contributed by atoms with Gasteiger partial charge < -0.3 is 4.57 Å². The summed E-state index contributed by atoms with van der Waals surface area (Å²) >= 11 is 6.24. The first-order valence-corrected chi connectivity index (χ1v) is 11.2.